The summed E-state index contributed by atoms with van der Waals surface area (Å²) in [7, 11) is -1.89. The van der Waals surface area contributed by atoms with Gasteiger partial charge in [0.2, 0.25) is 15.9 Å². The number of rotatable bonds is 5. The fourth-order valence-corrected chi connectivity index (χ4v) is 5.33. The summed E-state index contributed by atoms with van der Waals surface area (Å²) in [6.07, 6.45) is 4.45. The van der Waals surface area contributed by atoms with Crippen molar-refractivity contribution < 1.29 is 18.0 Å². The summed E-state index contributed by atoms with van der Waals surface area (Å²) < 4.78 is 25.3. The van der Waals surface area contributed by atoms with Gasteiger partial charge in [-0.15, -0.1) is 24.8 Å². The van der Waals surface area contributed by atoms with Crippen molar-refractivity contribution in [1.29, 1.82) is 0 Å². The molecule has 1 N–H and O–H groups in total. The minimum absolute atomic E-state index is 0. The number of likely N-dealkylation sites (tertiary alicyclic amines) is 1. The van der Waals surface area contributed by atoms with Crippen molar-refractivity contribution >= 4 is 46.7 Å². The van der Waals surface area contributed by atoms with Crippen molar-refractivity contribution in [3.63, 3.8) is 0 Å². The summed E-state index contributed by atoms with van der Waals surface area (Å²) in [6.45, 7) is 4.68. The quantitative estimate of drug-likeness (QED) is 0.677. The van der Waals surface area contributed by atoms with E-state index >= 15 is 0 Å². The van der Waals surface area contributed by atoms with E-state index in [1.807, 2.05) is 13.8 Å². The molecule has 2 aliphatic heterocycles. The van der Waals surface area contributed by atoms with Gasteiger partial charge < -0.3 is 10.2 Å². The number of nitrogens with one attached hydrogen (secondary N) is 1. The fraction of sp³-hybridized carbons (Fsp3) is 0.647. The van der Waals surface area contributed by atoms with Crippen LogP contribution >= 0.6 is 24.8 Å². The Kier molecular flexibility index (Phi) is 8.41. The Hall–Kier alpha value is -1.49. The summed E-state index contributed by atoms with van der Waals surface area (Å²) in [6, 6.07) is -0.987. The van der Waals surface area contributed by atoms with Crippen molar-refractivity contribution in [1.82, 2.24) is 24.5 Å². The Bertz CT molecular complexity index is 850. The highest BCUT2D eigenvalue weighted by molar-refractivity contribution is 7.88. The highest BCUT2D eigenvalue weighted by Crippen LogP contribution is 2.41. The number of sulfonamides is 1. The molecule has 2 saturated heterocycles. The van der Waals surface area contributed by atoms with Crippen molar-refractivity contribution in [3.05, 3.63) is 23.8 Å². The van der Waals surface area contributed by atoms with E-state index < -0.39 is 33.9 Å². The van der Waals surface area contributed by atoms with Gasteiger partial charge in [0.1, 0.15) is 5.69 Å². The monoisotopic (exact) mass is 467 g/mol. The van der Waals surface area contributed by atoms with Crippen LogP contribution in [0.25, 0.3) is 0 Å². The van der Waals surface area contributed by atoms with Crippen LogP contribution in [0.3, 0.4) is 0 Å². The number of carbonyl (C=O) groups is 2. The maximum atomic E-state index is 13.0. The average Bonchev–Trinajstić information content (AvgIpc) is 3.10. The van der Waals surface area contributed by atoms with Gasteiger partial charge in [-0.1, -0.05) is 13.8 Å². The van der Waals surface area contributed by atoms with Crippen LogP contribution in [0.5, 0.6) is 0 Å². The molecule has 0 spiro atoms. The predicted molar refractivity (Wildman–Crippen MR) is 113 cm³/mol. The van der Waals surface area contributed by atoms with E-state index in [1.54, 1.807) is 18.1 Å². The van der Waals surface area contributed by atoms with Crippen LogP contribution < -0.4 is 5.32 Å². The molecule has 0 radical (unpaired) electrons. The van der Waals surface area contributed by atoms with Crippen molar-refractivity contribution in [2.75, 3.05) is 19.8 Å². The second kappa shape index (κ2) is 9.55. The summed E-state index contributed by atoms with van der Waals surface area (Å²) in [5.41, 5.74) is 0.913. The Morgan fingerprint density at radius 1 is 1.28 bits per heavy atom. The maximum absolute atomic E-state index is 13.0. The topological polar surface area (TPSA) is 113 Å². The molecule has 9 nitrogen and oxygen atoms in total. The third-order valence-electron chi connectivity index (χ3n) is 5.21. The number of hydrogen-bond acceptors (Lipinski definition) is 7. The predicted octanol–water partition coefficient (Wildman–Crippen LogP) is 0.697. The lowest BCUT2D eigenvalue weighted by molar-refractivity contribution is -0.129. The number of fused-ring (bicyclic) bond motifs is 1. The number of halogens is 2. The first-order valence-electron chi connectivity index (χ1n) is 8.96. The van der Waals surface area contributed by atoms with E-state index in [0.717, 1.165) is 10.6 Å². The molecule has 1 aromatic heterocycles. The van der Waals surface area contributed by atoms with Gasteiger partial charge in [0.25, 0.3) is 5.91 Å². The van der Waals surface area contributed by atoms with Gasteiger partial charge in [-0.05, 0) is 19.4 Å². The Morgan fingerprint density at radius 2 is 1.93 bits per heavy atom. The third-order valence-corrected chi connectivity index (χ3v) is 6.38. The fourth-order valence-electron chi connectivity index (χ4n) is 4.16. The summed E-state index contributed by atoms with van der Waals surface area (Å²) >= 11 is 0. The Labute approximate surface area is 183 Å². The molecule has 0 saturated carbocycles. The van der Waals surface area contributed by atoms with E-state index in [1.165, 1.54) is 6.20 Å². The molecule has 29 heavy (non-hydrogen) atoms. The second-order valence-corrected chi connectivity index (χ2v) is 9.29. The molecule has 0 aromatic carbocycles. The van der Waals surface area contributed by atoms with Crippen LogP contribution in [-0.4, -0.2) is 71.3 Å². The molecule has 2 amide bonds. The highest BCUT2D eigenvalue weighted by Gasteiger charge is 2.58. The lowest BCUT2D eigenvalue weighted by atomic mass is 9.88. The first-order valence-corrected chi connectivity index (χ1v) is 10.8. The Balaban J connectivity index is 0.00000210. The molecule has 0 bridgehead atoms. The van der Waals surface area contributed by atoms with E-state index in [4.69, 9.17) is 0 Å². The molecule has 3 atom stereocenters. The first kappa shape index (κ1) is 25.5. The molecular weight excluding hydrogens is 441 g/mol. The average molecular weight is 468 g/mol. The second-order valence-electron chi connectivity index (χ2n) is 7.44. The van der Waals surface area contributed by atoms with Crippen LogP contribution in [-0.2, 0) is 21.4 Å². The molecule has 0 unspecified atom stereocenters. The largest absolute Gasteiger partial charge is 0.331 e. The summed E-state index contributed by atoms with van der Waals surface area (Å²) in [5.74, 6) is -1.38. The maximum Gasteiger partial charge on any atom is 0.274 e. The SMILES string of the molecule is CNCc1cnc(C(=O)N2CC[C@H]3[C@H]2[C@@H](C(C)C)C(=O)N3S(C)(=O)=O)cn1.Cl.Cl. The van der Waals surface area contributed by atoms with Gasteiger partial charge in [0, 0.05) is 13.1 Å². The zero-order valence-electron chi connectivity index (χ0n) is 16.7. The highest BCUT2D eigenvalue weighted by atomic mass is 35.5. The Morgan fingerprint density at radius 3 is 2.41 bits per heavy atom. The van der Waals surface area contributed by atoms with Crippen molar-refractivity contribution in [2.45, 2.75) is 38.9 Å². The minimum atomic E-state index is -3.69. The van der Waals surface area contributed by atoms with E-state index in [0.29, 0.717) is 25.2 Å². The van der Waals surface area contributed by atoms with Gasteiger partial charge in [0.15, 0.2) is 0 Å². The number of amides is 2. The van der Waals surface area contributed by atoms with E-state index in [2.05, 4.69) is 15.3 Å². The number of hydrogen-bond donors (Lipinski definition) is 1. The molecule has 3 heterocycles. The molecule has 2 aliphatic rings. The van der Waals surface area contributed by atoms with Gasteiger partial charge in [-0.2, -0.15) is 0 Å². The van der Waals surface area contributed by atoms with Gasteiger partial charge in [-0.25, -0.2) is 17.7 Å². The minimum Gasteiger partial charge on any atom is -0.331 e. The zero-order valence-corrected chi connectivity index (χ0v) is 19.2. The van der Waals surface area contributed by atoms with Gasteiger partial charge in [-0.3, -0.25) is 14.6 Å². The summed E-state index contributed by atoms with van der Waals surface area (Å²) in [5, 5.41) is 2.96. The molecule has 3 rings (SSSR count). The van der Waals surface area contributed by atoms with Crippen LogP contribution in [0.15, 0.2) is 12.4 Å². The van der Waals surface area contributed by atoms with E-state index in [-0.39, 0.29) is 42.3 Å². The molecule has 2 fully saturated rings. The van der Waals surface area contributed by atoms with Crippen molar-refractivity contribution in [3.8, 4) is 0 Å². The van der Waals surface area contributed by atoms with Crippen LogP contribution in [0.4, 0.5) is 0 Å². The van der Waals surface area contributed by atoms with Gasteiger partial charge in [0.05, 0.1) is 42.3 Å². The van der Waals surface area contributed by atoms with Crippen LogP contribution in [0.2, 0.25) is 0 Å². The van der Waals surface area contributed by atoms with Crippen LogP contribution in [0.1, 0.15) is 36.5 Å². The molecule has 1 aromatic rings. The number of carbonyl (C=O) groups excluding carboxylic acids is 2. The smallest absolute Gasteiger partial charge is 0.274 e. The normalized spacial score (nSPS) is 23.6. The molecule has 164 valence electrons. The molecule has 0 aliphatic carbocycles. The lowest BCUT2D eigenvalue weighted by Crippen LogP contribution is -2.44. The van der Waals surface area contributed by atoms with Crippen molar-refractivity contribution in [2.24, 2.45) is 11.8 Å². The molecular formula is C17H27Cl2N5O4S. The number of aromatic nitrogens is 2. The zero-order chi connectivity index (χ0) is 19.9. The number of nitrogens with zero attached hydrogens (tertiary/aromatic N) is 4. The van der Waals surface area contributed by atoms with E-state index in [9.17, 15) is 18.0 Å². The first-order chi connectivity index (χ1) is 12.7. The third kappa shape index (κ3) is 4.65. The van der Waals surface area contributed by atoms with Crippen LogP contribution in [0, 0.1) is 11.8 Å². The lowest BCUT2D eigenvalue weighted by Gasteiger charge is -2.28. The van der Waals surface area contributed by atoms with Gasteiger partial charge >= 0.3 is 0 Å². The molecule has 12 heteroatoms. The standard InChI is InChI=1S/C17H25N5O4S.2ClH/c1-10(2)14-15-13(22(17(14)24)27(4,25)26)5-6-21(15)16(23)12-9-19-11(7-18-3)8-20-12;;/h8-10,13-15,18H,5-7H2,1-4H3;2*1H/t13-,14+,15-;;/m0../s1. The summed E-state index contributed by atoms with van der Waals surface area (Å²) in [4.78, 5) is 35.8.